The van der Waals surface area contributed by atoms with E-state index in [0.29, 0.717) is 6.42 Å². The van der Waals surface area contributed by atoms with Crippen LogP contribution < -0.4 is 10.8 Å². The molecule has 2 aromatic carbocycles. The van der Waals surface area contributed by atoms with E-state index >= 15 is 0 Å². The maximum absolute atomic E-state index is 12.6. The molecule has 8 heteroatoms. The highest BCUT2D eigenvalue weighted by molar-refractivity contribution is 5.79. The first-order valence-electron chi connectivity index (χ1n) is 11.8. The molecule has 180 valence electrons. The molecular weight excluding hydrogens is 436 g/mol. The summed E-state index contributed by atoms with van der Waals surface area (Å²) in [6.07, 6.45) is 1.21. The molecule has 2 amide bonds. The summed E-state index contributed by atoms with van der Waals surface area (Å²) in [6, 6.07) is 15.8. The minimum atomic E-state index is -1.09. The Morgan fingerprint density at radius 1 is 1.03 bits per heavy atom. The van der Waals surface area contributed by atoms with Crippen LogP contribution in [0.3, 0.4) is 0 Å². The number of fused-ring (bicyclic) bond motifs is 3. The highest BCUT2D eigenvalue weighted by Gasteiger charge is 2.38. The standard InChI is InChI=1S/C26H30N2O6/c1-2-7-17(14-23(29)28-34-24(25(30)31)16-12-13-16)27-26(32)33-15-22-20-10-5-3-8-18(20)19-9-4-6-11-21(19)22/h3-6,8-11,16-17,22,24H,2,7,12-15H2,1H3,(H,27,32)(H,28,29)(H,30,31)/t17-,24?/m1/s1. The normalized spacial score (nSPS) is 16.1. The number of carbonyl (C=O) groups excluding carboxylic acids is 2. The van der Waals surface area contributed by atoms with Gasteiger partial charge in [0.25, 0.3) is 0 Å². The number of benzene rings is 2. The predicted octanol–water partition coefficient (Wildman–Crippen LogP) is 3.99. The first-order chi connectivity index (χ1) is 16.5. The van der Waals surface area contributed by atoms with Gasteiger partial charge in [0.2, 0.25) is 5.91 Å². The number of nitrogens with one attached hydrogen (secondary N) is 2. The van der Waals surface area contributed by atoms with Crippen molar-refractivity contribution in [3.8, 4) is 11.1 Å². The highest BCUT2D eigenvalue weighted by atomic mass is 16.7. The number of carbonyl (C=O) groups is 3. The van der Waals surface area contributed by atoms with Gasteiger partial charge in [-0.1, -0.05) is 61.9 Å². The Balaban J connectivity index is 1.30. The van der Waals surface area contributed by atoms with E-state index in [1.165, 1.54) is 0 Å². The summed E-state index contributed by atoms with van der Waals surface area (Å²) in [5.74, 6) is -1.69. The van der Waals surface area contributed by atoms with E-state index in [9.17, 15) is 19.5 Å². The third kappa shape index (κ3) is 5.56. The Bertz CT molecular complexity index is 1010. The third-order valence-electron chi connectivity index (χ3n) is 6.33. The average molecular weight is 467 g/mol. The molecule has 1 saturated carbocycles. The number of aliphatic carboxylic acids is 1. The largest absolute Gasteiger partial charge is 0.479 e. The molecule has 0 bridgehead atoms. The van der Waals surface area contributed by atoms with Gasteiger partial charge in [0.1, 0.15) is 6.61 Å². The maximum atomic E-state index is 12.6. The Morgan fingerprint density at radius 3 is 2.21 bits per heavy atom. The van der Waals surface area contributed by atoms with Crippen molar-refractivity contribution in [3.05, 3.63) is 59.7 Å². The van der Waals surface area contributed by atoms with Gasteiger partial charge in [-0.15, -0.1) is 0 Å². The van der Waals surface area contributed by atoms with Crippen molar-refractivity contribution in [2.24, 2.45) is 5.92 Å². The monoisotopic (exact) mass is 466 g/mol. The van der Waals surface area contributed by atoms with Gasteiger partial charge in [0.05, 0.1) is 0 Å². The van der Waals surface area contributed by atoms with Crippen molar-refractivity contribution in [2.75, 3.05) is 6.61 Å². The van der Waals surface area contributed by atoms with Crippen LogP contribution in [0.5, 0.6) is 0 Å². The summed E-state index contributed by atoms with van der Waals surface area (Å²) >= 11 is 0. The van der Waals surface area contributed by atoms with E-state index < -0.39 is 30.1 Å². The van der Waals surface area contributed by atoms with Crippen molar-refractivity contribution >= 4 is 18.0 Å². The van der Waals surface area contributed by atoms with Crippen LogP contribution in [0.25, 0.3) is 11.1 Å². The van der Waals surface area contributed by atoms with Gasteiger partial charge >= 0.3 is 12.1 Å². The smallest absolute Gasteiger partial charge is 0.407 e. The van der Waals surface area contributed by atoms with Crippen LogP contribution in [0.15, 0.2) is 48.5 Å². The molecule has 1 unspecified atom stereocenters. The van der Waals surface area contributed by atoms with Crippen LogP contribution in [-0.4, -0.2) is 41.8 Å². The van der Waals surface area contributed by atoms with Crippen molar-refractivity contribution in [1.29, 1.82) is 0 Å². The fourth-order valence-electron chi connectivity index (χ4n) is 4.52. The van der Waals surface area contributed by atoms with E-state index in [0.717, 1.165) is 41.5 Å². The molecule has 3 N–H and O–H groups in total. The van der Waals surface area contributed by atoms with Crippen LogP contribution in [0.1, 0.15) is 56.1 Å². The average Bonchev–Trinajstić information content (AvgIpc) is 3.60. The Morgan fingerprint density at radius 2 is 1.65 bits per heavy atom. The van der Waals surface area contributed by atoms with E-state index in [1.807, 2.05) is 31.2 Å². The number of hydrogen-bond donors (Lipinski definition) is 3. The van der Waals surface area contributed by atoms with E-state index in [1.54, 1.807) is 0 Å². The molecular formula is C26H30N2O6. The van der Waals surface area contributed by atoms with Gasteiger partial charge in [-0.2, -0.15) is 0 Å². The van der Waals surface area contributed by atoms with E-state index in [2.05, 4.69) is 35.1 Å². The molecule has 1 fully saturated rings. The second-order valence-electron chi connectivity index (χ2n) is 8.90. The lowest BCUT2D eigenvalue weighted by molar-refractivity contribution is -0.162. The van der Waals surface area contributed by atoms with Crippen molar-refractivity contribution in [2.45, 2.75) is 57.1 Å². The molecule has 0 saturated heterocycles. The van der Waals surface area contributed by atoms with Crippen LogP contribution in [0, 0.1) is 5.92 Å². The quantitative estimate of drug-likeness (QED) is 0.432. The second-order valence-corrected chi connectivity index (χ2v) is 8.90. The van der Waals surface area contributed by atoms with Gasteiger partial charge in [-0.25, -0.2) is 15.1 Å². The molecule has 2 aromatic rings. The fraction of sp³-hybridized carbons (Fsp3) is 0.423. The summed E-state index contributed by atoms with van der Waals surface area (Å²) in [4.78, 5) is 41.2. The molecule has 0 aromatic heterocycles. The Kier molecular flexibility index (Phi) is 7.47. The SMILES string of the molecule is CCC[C@H](CC(=O)NOC(C(=O)O)C1CC1)NC(=O)OCC1c2ccccc2-c2ccccc21. The summed E-state index contributed by atoms with van der Waals surface area (Å²) in [7, 11) is 0. The topological polar surface area (TPSA) is 114 Å². The van der Waals surface area contributed by atoms with Crippen molar-refractivity contribution in [3.63, 3.8) is 0 Å². The molecule has 34 heavy (non-hydrogen) atoms. The number of rotatable bonds is 11. The Labute approximate surface area is 198 Å². The highest BCUT2D eigenvalue weighted by Crippen LogP contribution is 2.44. The van der Waals surface area contributed by atoms with E-state index in [4.69, 9.17) is 9.57 Å². The number of hydroxylamine groups is 1. The summed E-state index contributed by atoms with van der Waals surface area (Å²) in [5, 5.41) is 12.0. The van der Waals surface area contributed by atoms with Gasteiger partial charge in [0, 0.05) is 18.4 Å². The van der Waals surface area contributed by atoms with Gasteiger partial charge < -0.3 is 15.2 Å². The molecule has 0 radical (unpaired) electrons. The first-order valence-corrected chi connectivity index (χ1v) is 11.8. The zero-order valence-electron chi connectivity index (χ0n) is 19.2. The van der Waals surface area contributed by atoms with Gasteiger partial charge in [0.15, 0.2) is 6.10 Å². The van der Waals surface area contributed by atoms with Crippen LogP contribution in [0.2, 0.25) is 0 Å². The van der Waals surface area contributed by atoms with Gasteiger partial charge in [-0.3, -0.25) is 9.63 Å². The third-order valence-corrected chi connectivity index (χ3v) is 6.33. The van der Waals surface area contributed by atoms with Crippen LogP contribution >= 0.6 is 0 Å². The molecule has 2 aliphatic carbocycles. The van der Waals surface area contributed by atoms with E-state index in [-0.39, 0.29) is 24.9 Å². The number of carboxylic acid groups (broad SMARTS) is 1. The van der Waals surface area contributed by atoms with Crippen molar-refractivity contribution < 1.29 is 29.1 Å². The molecule has 0 spiro atoms. The van der Waals surface area contributed by atoms with Crippen LogP contribution in [-0.2, 0) is 19.2 Å². The zero-order valence-corrected chi connectivity index (χ0v) is 19.2. The molecule has 8 nitrogen and oxygen atoms in total. The fourth-order valence-corrected chi connectivity index (χ4v) is 4.52. The number of amides is 2. The lowest BCUT2D eigenvalue weighted by Crippen LogP contribution is -2.41. The summed E-state index contributed by atoms with van der Waals surface area (Å²) in [5.41, 5.74) is 6.79. The molecule has 0 aliphatic heterocycles. The molecule has 4 rings (SSSR count). The maximum Gasteiger partial charge on any atom is 0.407 e. The molecule has 2 atom stereocenters. The van der Waals surface area contributed by atoms with Crippen LogP contribution in [0.4, 0.5) is 4.79 Å². The minimum Gasteiger partial charge on any atom is -0.479 e. The van der Waals surface area contributed by atoms with Gasteiger partial charge in [-0.05, 0) is 47.4 Å². The number of alkyl carbamates (subject to hydrolysis) is 1. The predicted molar refractivity (Wildman–Crippen MR) is 125 cm³/mol. The summed E-state index contributed by atoms with van der Waals surface area (Å²) in [6.45, 7) is 2.14. The number of ether oxygens (including phenoxy) is 1. The minimum absolute atomic E-state index is 0.0327. The number of hydrogen-bond acceptors (Lipinski definition) is 5. The summed E-state index contributed by atoms with van der Waals surface area (Å²) < 4.78 is 5.58. The first kappa shape index (κ1) is 23.8. The lowest BCUT2D eigenvalue weighted by atomic mass is 9.98. The second kappa shape index (κ2) is 10.7. The van der Waals surface area contributed by atoms with Crippen molar-refractivity contribution in [1.82, 2.24) is 10.8 Å². The Hall–Kier alpha value is -3.39. The number of carboxylic acids is 1. The zero-order chi connectivity index (χ0) is 24.1. The lowest BCUT2D eigenvalue weighted by Gasteiger charge is -2.20. The molecule has 2 aliphatic rings. The molecule has 0 heterocycles.